The van der Waals surface area contributed by atoms with Crippen molar-refractivity contribution in [3.8, 4) is 5.75 Å². The molecule has 9 heteroatoms. The van der Waals surface area contributed by atoms with Gasteiger partial charge in [0.1, 0.15) is 18.5 Å². The minimum atomic E-state index is -1.82. The minimum Gasteiger partial charge on any atom is -0.492 e. The molecule has 37 heavy (non-hydrogen) atoms. The fraction of sp³-hybridized carbons (Fsp3) is 0.250. The zero-order valence-electron chi connectivity index (χ0n) is 20.8. The fourth-order valence-electron chi connectivity index (χ4n) is 3.24. The number of hydrogen-bond acceptors (Lipinski definition) is 6. The van der Waals surface area contributed by atoms with Crippen LogP contribution in [0.4, 0.5) is 5.69 Å². The van der Waals surface area contributed by atoms with Crippen LogP contribution in [0, 0.1) is 0 Å². The summed E-state index contributed by atoms with van der Waals surface area (Å²) < 4.78 is 12.1. The highest BCUT2D eigenvalue weighted by atomic mass is 16.5. The number of carboxylic acids is 2. The van der Waals surface area contributed by atoms with Crippen molar-refractivity contribution < 1.29 is 34.1 Å². The van der Waals surface area contributed by atoms with E-state index in [0.29, 0.717) is 13.2 Å². The first-order valence-electron chi connectivity index (χ1n) is 11.7. The maximum Gasteiger partial charge on any atom is 0.414 e. The monoisotopic (exact) mass is 508 g/mol. The third kappa shape index (κ3) is 11.4. The zero-order valence-corrected chi connectivity index (χ0v) is 20.8. The molecule has 0 saturated heterocycles. The van der Waals surface area contributed by atoms with Gasteiger partial charge in [-0.3, -0.25) is 4.79 Å². The van der Waals surface area contributed by atoms with Gasteiger partial charge in [-0.25, -0.2) is 9.59 Å². The first-order valence-corrected chi connectivity index (χ1v) is 11.7. The molecule has 1 atom stereocenters. The SMILES string of the molecule is CC(=O)Nc1ccc(OCC(C)NCCOC(c2ccccc2)c2ccccc2)cc1.O=C(O)C(=O)O. The Bertz CT molecular complexity index is 1050. The molecule has 196 valence electrons. The molecule has 0 aliphatic rings. The van der Waals surface area contributed by atoms with E-state index in [-0.39, 0.29) is 18.1 Å². The van der Waals surface area contributed by atoms with E-state index in [9.17, 15) is 4.79 Å². The molecule has 3 rings (SSSR count). The van der Waals surface area contributed by atoms with Crippen molar-refractivity contribution in [3.05, 3.63) is 96.1 Å². The van der Waals surface area contributed by atoms with Crippen LogP contribution in [0.15, 0.2) is 84.9 Å². The highest BCUT2D eigenvalue weighted by molar-refractivity contribution is 6.27. The third-order valence-electron chi connectivity index (χ3n) is 4.94. The summed E-state index contributed by atoms with van der Waals surface area (Å²) in [4.78, 5) is 29.3. The molecule has 1 unspecified atom stereocenters. The molecule has 3 aromatic carbocycles. The van der Waals surface area contributed by atoms with Gasteiger partial charge in [0.25, 0.3) is 0 Å². The molecule has 0 bridgehead atoms. The molecule has 4 N–H and O–H groups in total. The maximum atomic E-state index is 11.1. The summed E-state index contributed by atoms with van der Waals surface area (Å²) >= 11 is 0. The quantitative estimate of drug-likeness (QED) is 0.226. The van der Waals surface area contributed by atoms with Gasteiger partial charge in [0.05, 0.1) is 6.61 Å². The van der Waals surface area contributed by atoms with Crippen LogP contribution >= 0.6 is 0 Å². The van der Waals surface area contributed by atoms with Crippen LogP contribution in [-0.2, 0) is 19.1 Å². The number of aliphatic carboxylic acids is 2. The summed E-state index contributed by atoms with van der Waals surface area (Å²) in [7, 11) is 0. The van der Waals surface area contributed by atoms with Gasteiger partial charge in [-0.2, -0.15) is 0 Å². The molecule has 0 saturated carbocycles. The number of hydrogen-bond donors (Lipinski definition) is 4. The van der Waals surface area contributed by atoms with Crippen molar-refractivity contribution in [1.29, 1.82) is 0 Å². The van der Waals surface area contributed by atoms with E-state index < -0.39 is 11.9 Å². The van der Waals surface area contributed by atoms with E-state index in [1.54, 1.807) is 0 Å². The Morgan fingerprint density at radius 3 is 1.78 bits per heavy atom. The summed E-state index contributed by atoms with van der Waals surface area (Å²) in [6, 6.07) is 28.1. The molecule has 0 fully saturated rings. The molecular formula is C28H32N2O7. The second-order valence-corrected chi connectivity index (χ2v) is 8.05. The van der Waals surface area contributed by atoms with Crippen LogP contribution in [0.1, 0.15) is 31.1 Å². The molecule has 0 spiro atoms. The average molecular weight is 509 g/mol. The smallest absolute Gasteiger partial charge is 0.414 e. The molecule has 0 radical (unpaired) electrons. The number of benzene rings is 3. The van der Waals surface area contributed by atoms with Crippen LogP contribution in [0.3, 0.4) is 0 Å². The number of carboxylic acid groups (broad SMARTS) is 2. The fourth-order valence-corrected chi connectivity index (χ4v) is 3.24. The molecule has 9 nitrogen and oxygen atoms in total. The maximum absolute atomic E-state index is 11.1. The molecular weight excluding hydrogens is 476 g/mol. The van der Waals surface area contributed by atoms with Gasteiger partial charge in [0.15, 0.2) is 0 Å². The lowest BCUT2D eigenvalue weighted by molar-refractivity contribution is -0.159. The highest BCUT2D eigenvalue weighted by Crippen LogP contribution is 2.25. The van der Waals surface area contributed by atoms with Crippen molar-refractivity contribution in [2.75, 3.05) is 25.1 Å². The number of carbonyl (C=O) groups is 3. The van der Waals surface area contributed by atoms with Crippen LogP contribution in [-0.4, -0.2) is 53.9 Å². The highest BCUT2D eigenvalue weighted by Gasteiger charge is 2.14. The lowest BCUT2D eigenvalue weighted by Gasteiger charge is -2.20. The van der Waals surface area contributed by atoms with Crippen LogP contribution in [0.25, 0.3) is 0 Å². The van der Waals surface area contributed by atoms with Crippen molar-refractivity contribution >= 4 is 23.5 Å². The summed E-state index contributed by atoms with van der Waals surface area (Å²) in [6.07, 6.45) is -0.0853. The molecule has 0 heterocycles. The Kier molecular flexibility index (Phi) is 12.3. The molecule has 0 aliphatic carbocycles. The molecule has 1 amide bonds. The molecule has 3 aromatic rings. The molecule has 0 aromatic heterocycles. The number of anilines is 1. The average Bonchev–Trinajstić information content (AvgIpc) is 2.89. The normalized spacial score (nSPS) is 11.1. The number of amides is 1. The largest absolute Gasteiger partial charge is 0.492 e. The first-order chi connectivity index (χ1) is 17.8. The Morgan fingerprint density at radius 1 is 0.811 bits per heavy atom. The van der Waals surface area contributed by atoms with Gasteiger partial charge >= 0.3 is 11.9 Å². The van der Waals surface area contributed by atoms with E-state index in [4.69, 9.17) is 29.3 Å². The van der Waals surface area contributed by atoms with Gasteiger partial charge in [-0.15, -0.1) is 0 Å². The van der Waals surface area contributed by atoms with Crippen molar-refractivity contribution in [1.82, 2.24) is 5.32 Å². The molecule has 0 aliphatic heterocycles. The predicted octanol–water partition coefficient (Wildman–Crippen LogP) is 3.96. The van der Waals surface area contributed by atoms with Gasteiger partial charge in [0.2, 0.25) is 5.91 Å². The topological polar surface area (TPSA) is 134 Å². The summed E-state index contributed by atoms with van der Waals surface area (Å²) in [6.45, 7) is 5.42. The number of carbonyl (C=O) groups excluding carboxylic acids is 1. The lowest BCUT2D eigenvalue weighted by Crippen LogP contribution is -2.34. The van der Waals surface area contributed by atoms with E-state index in [0.717, 1.165) is 29.1 Å². The number of ether oxygens (including phenoxy) is 2. The minimum absolute atomic E-state index is 0.0853. The van der Waals surface area contributed by atoms with Gasteiger partial charge in [0, 0.05) is 25.2 Å². The summed E-state index contributed by atoms with van der Waals surface area (Å²) in [5.41, 5.74) is 3.05. The number of rotatable bonds is 11. The standard InChI is InChI=1S/C26H30N2O3.C2H2O4/c1-20(19-31-25-15-13-24(14-16-25)28-21(2)29)27-17-18-30-26(22-9-5-3-6-10-22)23-11-7-4-8-12-23;3-1(4)2(5)6/h3-16,20,26-27H,17-19H2,1-2H3,(H,28,29);(H,3,4)(H,5,6). The van der Waals surface area contributed by atoms with E-state index in [2.05, 4.69) is 41.8 Å². The van der Waals surface area contributed by atoms with Crippen LogP contribution < -0.4 is 15.4 Å². The van der Waals surface area contributed by atoms with E-state index >= 15 is 0 Å². The van der Waals surface area contributed by atoms with Crippen LogP contribution in [0.5, 0.6) is 5.75 Å². The van der Waals surface area contributed by atoms with E-state index in [1.165, 1.54) is 6.92 Å². The second kappa shape index (κ2) is 15.7. The lowest BCUT2D eigenvalue weighted by atomic mass is 10.0. The Balaban J connectivity index is 0.000000717. The Labute approximate surface area is 216 Å². The van der Waals surface area contributed by atoms with Crippen molar-refractivity contribution in [3.63, 3.8) is 0 Å². The summed E-state index contributed by atoms with van der Waals surface area (Å²) in [5.74, 6) is -2.97. The van der Waals surface area contributed by atoms with Gasteiger partial charge in [-0.05, 0) is 42.3 Å². The number of nitrogens with one attached hydrogen (secondary N) is 2. The van der Waals surface area contributed by atoms with Crippen molar-refractivity contribution in [2.45, 2.75) is 26.0 Å². The van der Waals surface area contributed by atoms with Crippen molar-refractivity contribution in [2.24, 2.45) is 0 Å². The first kappa shape index (κ1) is 29.0. The predicted molar refractivity (Wildman–Crippen MR) is 140 cm³/mol. The van der Waals surface area contributed by atoms with Gasteiger partial charge in [-0.1, -0.05) is 60.7 Å². The third-order valence-corrected chi connectivity index (χ3v) is 4.94. The Morgan fingerprint density at radius 2 is 1.32 bits per heavy atom. The summed E-state index contributed by atoms with van der Waals surface area (Å²) in [5, 5.41) is 21.0. The zero-order chi connectivity index (χ0) is 27.0. The van der Waals surface area contributed by atoms with Crippen LogP contribution in [0.2, 0.25) is 0 Å². The second-order valence-electron chi connectivity index (χ2n) is 8.05. The Hall–Kier alpha value is -4.21. The van der Waals surface area contributed by atoms with Gasteiger partial charge < -0.3 is 30.3 Å². The van der Waals surface area contributed by atoms with E-state index in [1.807, 2.05) is 60.7 Å².